The van der Waals surface area contributed by atoms with E-state index < -0.39 is 23.2 Å². The van der Waals surface area contributed by atoms with Gasteiger partial charge in [-0.1, -0.05) is 18.2 Å². The minimum Gasteiger partial charge on any atom is -0.341 e. The number of anilines is 1. The van der Waals surface area contributed by atoms with Gasteiger partial charge < -0.3 is 15.2 Å². The number of aromatic nitrogens is 2. The molecular formula is C26H25F3N4O2. The van der Waals surface area contributed by atoms with E-state index in [2.05, 4.69) is 21.3 Å². The number of benzene rings is 2. The molecular weight excluding hydrogens is 457 g/mol. The molecule has 3 aromatic rings. The number of nitrogens with zero attached hydrogens (tertiary/aromatic N) is 2. The number of amides is 2. The molecule has 6 rings (SSSR count). The maximum atomic E-state index is 13.2. The van der Waals surface area contributed by atoms with Gasteiger partial charge in [-0.15, -0.1) is 0 Å². The molecule has 2 amide bonds. The van der Waals surface area contributed by atoms with Gasteiger partial charge in [0.2, 0.25) is 11.8 Å². The van der Waals surface area contributed by atoms with Gasteiger partial charge in [0.15, 0.2) is 0 Å². The number of rotatable bonds is 6. The van der Waals surface area contributed by atoms with Gasteiger partial charge in [0, 0.05) is 23.6 Å². The standard InChI is InChI=1S/C26H25F3N4O2/c27-26(28,29)15-4-3-5-16(14-15)30-24(35)25(12-13-25)32-23(34)19-11-10-18(19)22-31-20-6-1-2-7-21(20)33(22)17-8-9-17/h1-7,14,17-19H,8-13H2,(H,30,35)(H,32,34)/t18-,19-/m0/s1. The molecule has 0 aliphatic heterocycles. The number of hydrogen-bond donors (Lipinski definition) is 2. The number of carbonyl (C=O) groups is 2. The van der Waals surface area contributed by atoms with E-state index in [4.69, 9.17) is 4.98 Å². The van der Waals surface area contributed by atoms with E-state index in [0.29, 0.717) is 18.9 Å². The Morgan fingerprint density at radius 2 is 1.77 bits per heavy atom. The van der Waals surface area contributed by atoms with Gasteiger partial charge in [-0.3, -0.25) is 9.59 Å². The summed E-state index contributed by atoms with van der Waals surface area (Å²) in [6.07, 6.45) is 0.213. The van der Waals surface area contributed by atoms with Crippen LogP contribution in [0.5, 0.6) is 0 Å². The van der Waals surface area contributed by atoms with Crippen LogP contribution < -0.4 is 10.6 Å². The summed E-state index contributed by atoms with van der Waals surface area (Å²) in [5.74, 6) is -0.00884. The predicted molar refractivity (Wildman–Crippen MR) is 124 cm³/mol. The Kier molecular flexibility index (Phi) is 4.95. The van der Waals surface area contributed by atoms with Gasteiger partial charge in [-0.25, -0.2) is 4.98 Å². The van der Waals surface area contributed by atoms with Crippen LogP contribution in [-0.2, 0) is 15.8 Å². The molecule has 0 bridgehead atoms. The van der Waals surface area contributed by atoms with Gasteiger partial charge >= 0.3 is 6.18 Å². The fraction of sp³-hybridized carbons (Fsp3) is 0.423. The van der Waals surface area contributed by atoms with Crippen LogP contribution in [0.1, 0.15) is 61.9 Å². The van der Waals surface area contributed by atoms with Crippen LogP contribution in [0.2, 0.25) is 0 Å². The summed E-state index contributed by atoms with van der Waals surface area (Å²) < 4.78 is 41.3. The molecule has 1 aromatic heterocycles. The average Bonchev–Trinajstić information content (AvgIpc) is 3.72. The zero-order chi connectivity index (χ0) is 24.4. The fourth-order valence-corrected chi connectivity index (χ4v) is 5.05. The molecule has 3 aliphatic carbocycles. The van der Waals surface area contributed by atoms with Crippen molar-refractivity contribution in [3.05, 3.63) is 59.9 Å². The summed E-state index contributed by atoms with van der Waals surface area (Å²) >= 11 is 0. The first-order valence-corrected chi connectivity index (χ1v) is 12.0. The van der Waals surface area contributed by atoms with Crippen LogP contribution in [0.3, 0.4) is 0 Å². The Morgan fingerprint density at radius 3 is 2.43 bits per heavy atom. The van der Waals surface area contributed by atoms with Crippen molar-refractivity contribution in [2.24, 2.45) is 5.92 Å². The highest BCUT2D eigenvalue weighted by Crippen LogP contribution is 2.48. The Morgan fingerprint density at radius 1 is 1.00 bits per heavy atom. The summed E-state index contributed by atoms with van der Waals surface area (Å²) in [5.41, 5.74) is 0.182. The van der Waals surface area contributed by atoms with Crippen molar-refractivity contribution in [1.82, 2.24) is 14.9 Å². The lowest BCUT2D eigenvalue weighted by atomic mass is 9.72. The van der Waals surface area contributed by atoms with Crippen molar-refractivity contribution in [3.8, 4) is 0 Å². The lowest BCUT2D eigenvalue weighted by Gasteiger charge is -2.36. The fourth-order valence-electron chi connectivity index (χ4n) is 5.05. The van der Waals surface area contributed by atoms with E-state index in [9.17, 15) is 22.8 Å². The highest BCUT2D eigenvalue weighted by molar-refractivity contribution is 6.03. The molecule has 2 N–H and O–H groups in total. The highest BCUT2D eigenvalue weighted by atomic mass is 19.4. The number of halogens is 3. The van der Waals surface area contributed by atoms with E-state index >= 15 is 0 Å². The van der Waals surface area contributed by atoms with Gasteiger partial charge in [-0.2, -0.15) is 13.2 Å². The quantitative estimate of drug-likeness (QED) is 0.509. The molecule has 6 nitrogen and oxygen atoms in total. The largest absolute Gasteiger partial charge is 0.416 e. The second kappa shape index (κ2) is 7.83. The van der Waals surface area contributed by atoms with E-state index in [-0.39, 0.29) is 23.4 Å². The van der Waals surface area contributed by atoms with Crippen LogP contribution in [0.15, 0.2) is 48.5 Å². The molecule has 0 spiro atoms. The Balaban J connectivity index is 1.17. The number of fused-ring (bicyclic) bond motifs is 1. The van der Waals surface area contributed by atoms with E-state index in [0.717, 1.165) is 54.7 Å². The van der Waals surface area contributed by atoms with Crippen LogP contribution in [0, 0.1) is 5.92 Å². The molecule has 0 unspecified atom stereocenters. The molecule has 3 fully saturated rings. The molecule has 0 radical (unpaired) electrons. The highest BCUT2D eigenvalue weighted by Gasteiger charge is 2.53. The predicted octanol–water partition coefficient (Wildman–Crippen LogP) is 5.17. The molecule has 9 heteroatoms. The zero-order valence-corrected chi connectivity index (χ0v) is 18.9. The molecule has 3 aliphatic rings. The third kappa shape index (κ3) is 3.96. The first-order valence-electron chi connectivity index (χ1n) is 12.0. The van der Waals surface area contributed by atoms with Crippen LogP contribution in [-0.4, -0.2) is 26.9 Å². The van der Waals surface area contributed by atoms with Gasteiger partial charge in [0.05, 0.1) is 16.6 Å². The van der Waals surface area contributed by atoms with Crippen LogP contribution in [0.4, 0.5) is 18.9 Å². The first kappa shape index (κ1) is 22.1. The lowest BCUT2D eigenvalue weighted by molar-refractivity contribution is -0.137. The summed E-state index contributed by atoms with van der Waals surface area (Å²) in [7, 11) is 0. The summed E-state index contributed by atoms with van der Waals surface area (Å²) in [4.78, 5) is 31.0. The number of para-hydroxylation sites is 2. The molecule has 3 saturated carbocycles. The maximum absolute atomic E-state index is 13.2. The van der Waals surface area contributed by atoms with Gasteiger partial charge in [0.25, 0.3) is 0 Å². The molecule has 182 valence electrons. The van der Waals surface area contributed by atoms with Gasteiger partial charge in [0.1, 0.15) is 11.4 Å². The van der Waals surface area contributed by atoms with Crippen molar-refractivity contribution in [2.75, 3.05) is 5.32 Å². The van der Waals surface area contributed by atoms with Crippen LogP contribution >= 0.6 is 0 Å². The second-order valence-corrected chi connectivity index (χ2v) is 9.95. The third-order valence-electron chi connectivity index (χ3n) is 7.47. The number of imidazole rings is 1. The molecule has 0 saturated heterocycles. The minimum atomic E-state index is -4.50. The summed E-state index contributed by atoms with van der Waals surface area (Å²) in [6, 6.07) is 13.0. The topological polar surface area (TPSA) is 76.0 Å². The van der Waals surface area contributed by atoms with Crippen molar-refractivity contribution in [1.29, 1.82) is 0 Å². The molecule has 2 atom stereocenters. The molecule has 2 aromatic carbocycles. The lowest BCUT2D eigenvalue weighted by Crippen LogP contribution is -2.51. The van der Waals surface area contributed by atoms with E-state index in [1.54, 1.807) is 0 Å². The normalized spacial score (nSPS) is 22.9. The Bertz CT molecular complexity index is 1320. The number of hydrogen-bond acceptors (Lipinski definition) is 3. The summed E-state index contributed by atoms with van der Waals surface area (Å²) in [6.45, 7) is 0. The van der Waals surface area contributed by atoms with E-state index in [1.807, 2.05) is 18.2 Å². The van der Waals surface area contributed by atoms with Crippen LogP contribution in [0.25, 0.3) is 11.0 Å². The maximum Gasteiger partial charge on any atom is 0.416 e. The second-order valence-electron chi connectivity index (χ2n) is 9.95. The van der Waals surface area contributed by atoms with Crippen molar-refractivity contribution in [3.63, 3.8) is 0 Å². The molecule has 1 heterocycles. The smallest absolute Gasteiger partial charge is 0.341 e. The number of carbonyl (C=O) groups excluding carboxylic acids is 2. The molecule has 35 heavy (non-hydrogen) atoms. The zero-order valence-electron chi connectivity index (χ0n) is 18.9. The summed E-state index contributed by atoms with van der Waals surface area (Å²) in [5, 5.41) is 5.48. The first-order chi connectivity index (χ1) is 16.7. The van der Waals surface area contributed by atoms with Gasteiger partial charge in [-0.05, 0) is 68.9 Å². The number of nitrogens with one attached hydrogen (secondary N) is 2. The van der Waals surface area contributed by atoms with Crippen molar-refractivity contribution < 1.29 is 22.8 Å². The number of alkyl halides is 3. The third-order valence-corrected chi connectivity index (χ3v) is 7.47. The van der Waals surface area contributed by atoms with Crippen molar-refractivity contribution in [2.45, 2.75) is 62.2 Å². The monoisotopic (exact) mass is 482 g/mol. The van der Waals surface area contributed by atoms with E-state index in [1.165, 1.54) is 12.1 Å². The minimum absolute atomic E-state index is 0.00896. The van der Waals surface area contributed by atoms with Crippen molar-refractivity contribution >= 4 is 28.5 Å². The Hall–Kier alpha value is -3.36. The Labute approximate surface area is 199 Å². The average molecular weight is 483 g/mol. The SMILES string of the molecule is O=C(NC1(C(=O)Nc2cccc(C(F)(F)F)c2)CC1)[C@H]1CC[C@@H]1c1nc2ccccc2n1C1CC1.